The van der Waals surface area contributed by atoms with Crippen molar-refractivity contribution in [1.82, 2.24) is 19.9 Å². The quantitative estimate of drug-likeness (QED) is 0.357. The Hall–Kier alpha value is -3.42. The van der Waals surface area contributed by atoms with Gasteiger partial charge in [-0.05, 0) is 86.6 Å². The van der Waals surface area contributed by atoms with Crippen molar-refractivity contribution in [2.24, 2.45) is 0 Å². The molecule has 0 radical (unpaired) electrons. The molecule has 0 spiro atoms. The van der Waals surface area contributed by atoms with Crippen LogP contribution in [-0.4, -0.2) is 24.8 Å². The van der Waals surface area contributed by atoms with Gasteiger partial charge in [0, 0.05) is 28.8 Å². The molecule has 2 atom stereocenters. The van der Waals surface area contributed by atoms with Crippen molar-refractivity contribution < 1.29 is 5.11 Å². The van der Waals surface area contributed by atoms with Crippen molar-refractivity contribution in [3.05, 3.63) is 100 Å². The van der Waals surface area contributed by atoms with Gasteiger partial charge in [0.15, 0.2) is 5.11 Å². The molecule has 1 aliphatic heterocycles. The van der Waals surface area contributed by atoms with Gasteiger partial charge in [0.25, 0.3) is 0 Å². The van der Waals surface area contributed by atoms with Crippen molar-refractivity contribution in [2.45, 2.75) is 32.9 Å². The Morgan fingerprint density at radius 3 is 2.56 bits per heavy atom. The molecule has 1 saturated heterocycles. The molecule has 34 heavy (non-hydrogen) atoms. The summed E-state index contributed by atoms with van der Waals surface area (Å²) in [7, 11) is 0. The number of benzene rings is 1. The van der Waals surface area contributed by atoms with Crippen LogP contribution in [0.5, 0.6) is 5.75 Å². The number of phenolic OH excluding ortho intramolecular Hbond substituents is 1. The van der Waals surface area contributed by atoms with E-state index in [-0.39, 0.29) is 17.8 Å². The Balaban J connectivity index is 1.70. The highest BCUT2D eigenvalue weighted by Gasteiger charge is 2.43. The molecule has 4 aromatic rings. The van der Waals surface area contributed by atoms with Crippen molar-refractivity contribution in [1.29, 1.82) is 0 Å². The van der Waals surface area contributed by atoms with Crippen LogP contribution in [-0.2, 0) is 0 Å². The minimum Gasteiger partial charge on any atom is -0.506 e. The summed E-state index contributed by atoms with van der Waals surface area (Å²) in [6.45, 7) is 6.17. The maximum absolute atomic E-state index is 10.7. The van der Waals surface area contributed by atoms with E-state index in [4.69, 9.17) is 23.8 Å². The molecule has 1 fully saturated rings. The summed E-state index contributed by atoms with van der Waals surface area (Å²) in [5.41, 5.74) is 5.66. The van der Waals surface area contributed by atoms with Crippen LogP contribution in [0.2, 0.25) is 5.02 Å². The zero-order valence-electron chi connectivity index (χ0n) is 19.0. The number of phenols is 1. The molecule has 8 heteroatoms. The van der Waals surface area contributed by atoms with Gasteiger partial charge in [0.2, 0.25) is 0 Å². The van der Waals surface area contributed by atoms with Crippen molar-refractivity contribution in [3.63, 3.8) is 0 Å². The van der Waals surface area contributed by atoms with Gasteiger partial charge in [0.1, 0.15) is 11.6 Å². The fraction of sp³-hybridized carbons (Fsp3) is 0.192. The Bertz CT molecular complexity index is 1370. The van der Waals surface area contributed by atoms with Gasteiger partial charge in [-0.3, -0.25) is 4.98 Å². The normalized spacial score (nSPS) is 17.8. The molecule has 3 aromatic heterocycles. The van der Waals surface area contributed by atoms with E-state index in [0.29, 0.717) is 15.8 Å². The predicted octanol–water partition coefficient (Wildman–Crippen LogP) is 5.73. The number of anilines is 1. The van der Waals surface area contributed by atoms with E-state index in [1.807, 2.05) is 42.3 Å². The Morgan fingerprint density at radius 1 is 1.03 bits per heavy atom. The molecule has 4 heterocycles. The third kappa shape index (κ3) is 3.81. The SMILES string of the molecule is Cc1ccc(-n2c(C)cc([C@@H]3[C@H](c4ccccn4)NC(=S)N3c3cc(Cl)ccc3O)c2C)nc1. The zero-order chi connectivity index (χ0) is 24.0. The lowest BCUT2D eigenvalue weighted by Crippen LogP contribution is -2.29. The molecule has 0 saturated carbocycles. The van der Waals surface area contributed by atoms with E-state index in [9.17, 15) is 5.11 Å². The molecule has 0 unspecified atom stereocenters. The molecular weight excluding hydrogens is 466 g/mol. The maximum Gasteiger partial charge on any atom is 0.174 e. The number of halogens is 1. The molecule has 0 aliphatic carbocycles. The molecule has 0 bridgehead atoms. The Kier molecular flexibility index (Phi) is 5.75. The highest BCUT2D eigenvalue weighted by molar-refractivity contribution is 7.80. The Morgan fingerprint density at radius 2 is 1.85 bits per heavy atom. The summed E-state index contributed by atoms with van der Waals surface area (Å²) in [6.07, 6.45) is 3.64. The average Bonchev–Trinajstić information content (AvgIpc) is 3.32. The molecule has 2 N–H and O–H groups in total. The molecule has 5 rings (SSSR count). The lowest BCUT2D eigenvalue weighted by Gasteiger charge is -2.28. The number of thiocarbonyl (C=S) groups is 1. The van der Waals surface area contributed by atoms with Gasteiger partial charge < -0.3 is 19.9 Å². The first-order valence-electron chi connectivity index (χ1n) is 11.0. The second kappa shape index (κ2) is 8.74. The number of pyridine rings is 2. The van der Waals surface area contributed by atoms with E-state index >= 15 is 0 Å². The van der Waals surface area contributed by atoms with E-state index in [1.165, 1.54) is 0 Å². The fourth-order valence-corrected chi connectivity index (χ4v) is 5.16. The number of rotatable bonds is 4. The number of hydrogen-bond donors (Lipinski definition) is 2. The number of hydrogen-bond acceptors (Lipinski definition) is 4. The van der Waals surface area contributed by atoms with Crippen molar-refractivity contribution >= 4 is 34.6 Å². The molecule has 6 nitrogen and oxygen atoms in total. The first kappa shape index (κ1) is 22.4. The summed E-state index contributed by atoms with van der Waals surface area (Å²) in [5, 5.41) is 15.2. The van der Waals surface area contributed by atoms with Gasteiger partial charge in [-0.25, -0.2) is 4.98 Å². The van der Waals surface area contributed by atoms with Gasteiger partial charge >= 0.3 is 0 Å². The van der Waals surface area contributed by atoms with E-state index in [1.54, 1.807) is 24.4 Å². The van der Waals surface area contributed by atoms with Crippen LogP contribution in [0.15, 0.2) is 67.0 Å². The first-order chi connectivity index (χ1) is 16.3. The van der Waals surface area contributed by atoms with E-state index < -0.39 is 0 Å². The number of aryl methyl sites for hydroxylation is 2. The summed E-state index contributed by atoms with van der Waals surface area (Å²) in [4.78, 5) is 11.2. The largest absolute Gasteiger partial charge is 0.506 e. The highest BCUT2D eigenvalue weighted by atomic mass is 35.5. The lowest BCUT2D eigenvalue weighted by atomic mass is 9.96. The Labute approximate surface area is 208 Å². The molecule has 172 valence electrons. The topological polar surface area (TPSA) is 66.2 Å². The molecule has 0 amide bonds. The van der Waals surface area contributed by atoms with Crippen molar-refractivity contribution in [2.75, 3.05) is 4.90 Å². The van der Waals surface area contributed by atoms with Crippen LogP contribution in [0.25, 0.3) is 5.82 Å². The molecule has 1 aromatic carbocycles. The third-order valence-electron chi connectivity index (χ3n) is 6.21. The van der Waals surface area contributed by atoms with E-state index in [2.05, 4.69) is 45.8 Å². The van der Waals surface area contributed by atoms with Crippen LogP contribution in [0.1, 0.15) is 40.3 Å². The summed E-state index contributed by atoms with van der Waals surface area (Å²) in [5.74, 6) is 0.959. The summed E-state index contributed by atoms with van der Waals surface area (Å²) < 4.78 is 2.14. The third-order valence-corrected chi connectivity index (χ3v) is 6.76. The summed E-state index contributed by atoms with van der Waals surface area (Å²) >= 11 is 12.1. The predicted molar refractivity (Wildman–Crippen MR) is 139 cm³/mol. The van der Waals surface area contributed by atoms with Gasteiger partial charge in [-0.1, -0.05) is 23.7 Å². The molecule has 1 aliphatic rings. The van der Waals surface area contributed by atoms with Crippen LogP contribution in [0, 0.1) is 20.8 Å². The van der Waals surface area contributed by atoms with Crippen LogP contribution in [0.3, 0.4) is 0 Å². The zero-order valence-corrected chi connectivity index (χ0v) is 20.6. The van der Waals surface area contributed by atoms with Crippen LogP contribution < -0.4 is 10.2 Å². The minimum absolute atomic E-state index is 0.106. The smallest absolute Gasteiger partial charge is 0.174 e. The van der Waals surface area contributed by atoms with Crippen LogP contribution >= 0.6 is 23.8 Å². The number of aromatic nitrogens is 3. The number of nitrogens with one attached hydrogen (secondary N) is 1. The highest BCUT2D eigenvalue weighted by Crippen LogP contribution is 2.46. The average molecular weight is 490 g/mol. The molecular formula is C26H24ClN5OS. The standard InChI is InChI=1S/C26H24ClN5OS/c1-15-7-10-23(29-14-15)31-16(2)12-19(17(31)3)25-24(20-6-4-5-11-28-20)30-26(34)32(25)21-13-18(27)8-9-22(21)33/h4-14,24-25,33H,1-3H3,(H,30,34)/t24-,25+/m0/s1. The maximum atomic E-state index is 10.7. The van der Waals surface area contributed by atoms with E-state index in [0.717, 1.165) is 34.0 Å². The van der Waals surface area contributed by atoms with Gasteiger partial charge in [-0.15, -0.1) is 0 Å². The second-order valence-corrected chi connectivity index (χ2v) is 9.31. The van der Waals surface area contributed by atoms with Gasteiger partial charge in [-0.2, -0.15) is 0 Å². The summed E-state index contributed by atoms with van der Waals surface area (Å²) in [6, 6.07) is 16.6. The number of aromatic hydroxyl groups is 1. The lowest BCUT2D eigenvalue weighted by molar-refractivity contribution is 0.472. The second-order valence-electron chi connectivity index (χ2n) is 8.49. The van der Waals surface area contributed by atoms with Crippen LogP contribution in [0.4, 0.5) is 5.69 Å². The fourth-order valence-electron chi connectivity index (χ4n) is 4.65. The van der Waals surface area contributed by atoms with Crippen molar-refractivity contribution in [3.8, 4) is 11.6 Å². The number of nitrogens with zero attached hydrogens (tertiary/aromatic N) is 4. The first-order valence-corrected chi connectivity index (χ1v) is 11.7. The minimum atomic E-state index is -0.267. The monoisotopic (exact) mass is 489 g/mol. The van der Waals surface area contributed by atoms with Gasteiger partial charge in [0.05, 0.1) is 23.5 Å².